The molecule has 0 spiro atoms. The molecule has 0 aliphatic carbocycles. The lowest BCUT2D eigenvalue weighted by Crippen LogP contribution is -2.02. The van der Waals surface area contributed by atoms with Gasteiger partial charge in [-0.1, -0.05) is 6.07 Å². The van der Waals surface area contributed by atoms with Gasteiger partial charge in [0.1, 0.15) is 17.3 Å². The van der Waals surface area contributed by atoms with E-state index < -0.39 is 11.6 Å². The van der Waals surface area contributed by atoms with Gasteiger partial charge in [-0.2, -0.15) is 0 Å². The molecule has 0 radical (unpaired) electrons. The highest BCUT2D eigenvalue weighted by molar-refractivity contribution is 5.74. The highest BCUT2D eigenvalue weighted by atomic mass is 19.1. The topological polar surface area (TPSA) is 47.3 Å². The molecule has 0 atom stereocenters. The summed E-state index contributed by atoms with van der Waals surface area (Å²) < 4.78 is 32.6. The van der Waals surface area contributed by atoms with Crippen molar-refractivity contribution in [3.05, 3.63) is 47.5 Å². The predicted octanol–water partition coefficient (Wildman–Crippen LogP) is 3.61. The molecule has 0 unspecified atom stereocenters. The van der Waals surface area contributed by atoms with Crippen molar-refractivity contribution >= 4 is 17.1 Å². The van der Waals surface area contributed by atoms with Crippen LogP contribution in [0.5, 0.6) is 5.75 Å². The number of rotatable bonds is 3. The Balaban J connectivity index is 2.44. The number of hydrogen-bond acceptors (Lipinski definition) is 3. The first-order chi connectivity index (χ1) is 9.02. The van der Waals surface area contributed by atoms with Crippen LogP contribution >= 0.6 is 0 Å². The van der Waals surface area contributed by atoms with Gasteiger partial charge in [0, 0.05) is 6.07 Å². The third kappa shape index (κ3) is 2.59. The standard InChI is InChI=1S/C14H14F2N2O/c1-8-3-5-10(15)14(13(8)16)18-12-7-9(19-2)4-6-11(12)17/h3-7,18H,17H2,1-2H3. The van der Waals surface area contributed by atoms with Crippen LogP contribution in [0.4, 0.5) is 25.8 Å². The molecule has 3 nitrogen and oxygen atoms in total. The van der Waals surface area contributed by atoms with Crippen molar-refractivity contribution in [3.8, 4) is 5.75 Å². The first-order valence-electron chi connectivity index (χ1n) is 5.68. The van der Waals surface area contributed by atoms with E-state index in [1.54, 1.807) is 25.1 Å². The van der Waals surface area contributed by atoms with Gasteiger partial charge in [0.15, 0.2) is 5.82 Å². The second kappa shape index (κ2) is 5.14. The maximum absolute atomic E-state index is 13.9. The van der Waals surface area contributed by atoms with Gasteiger partial charge in [0.05, 0.1) is 18.5 Å². The fraction of sp³-hybridized carbons (Fsp3) is 0.143. The van der Waals surface area contributed by atoms with Crippen LogP contribution in [0.1, 0.15) is 5.56 Å². The third-order valence-electron chi connectivity index (χ3n) is 2.80. The maximum Gasteiger partial charge on any atom is 0.152 e. The van der Waals surface area contributed by atoms with Gasteiger partial charge in [-0.3, -0.25) is 0 Å². The smallest absolute Gasteiger partial charge is 0.152 e. The van der Waals surface area contributed by atoms with Gasteiger partial charge in [0.25, 0.3) is 0 Å². The van der Waals surface area contributed by atoms with Crippen molar-refractivity contribution < 1.29 is 13.5 Å². The molecule has 0 aliphatic rings. The van der Waals surface area contributed by atoms with Crippen molar-refractivity contribution in [1.82, 2.24) is 0 Å². The Bertz CT molecular complexity index is 615. The zero-order valence-electron chi connectivity index (χ0n) is 10.6. The number of benzene rings is 2. The Morgan fingerprint density at radius 2 is 1.89 bits per heavy atom. The largest absolute Gasteiger partial charge is 0.497 e. The molecule has 0 heterocycles. The van der Waals surface area contributed by atoms with Crippen LogP contribution in [0.2, 0.25) is 0 Å². The predicted molar refractivity (Wildman–Crippen MR) is 71.8 cm³/mol. The summed E-state index contributed by atoms with van der Waals surface area (Å²) in [7, 11) is 1.50. The van der Waals surface area contributed by atoms with Crippen LogP contribution in [0, 0.1) is 18.6 Å². The van der Waals surface area contributed by atoms with E-state index in [9.17, 15) is 8.78 Å². The summed E-state index contributed by atoms with van der Waals surface area (Å²) in [6, 6.07) is 7.44. The average molecular weight is 264 g/mol. The first-order valence-corrected chi connectivity index (χ1v) is 5.68. The molecule has 5 heteroatoms. The summed E-state index contributed by atoms with van der Waals surface area (Å²) in [6.45, 7) is 1.56. The Morgan fingerprint density at radius 3 is 2.58 bits per heavy atom. The Hall–Kier alpha value is -2.30. The molecule has 0 saturated carbocycles. The average Bonchev–Trinajstić information content (AvgIpc) is 2.41. The van der Waals surface area contributed by atoms with E-state index in [0.29, 0.717) is 22.7 Å². The Morgan fingerprint density at radius 1 is 1.16 bits per heavy atom. The van der Waals surface area contributed by atoms with E-state index in [2.05, 4.69) is 5.32 Å². The monoisotopic (exact) mass is 264 g/mol. The SMILES string of the molecule is COc1ccc(N)c(Nc2c(F)ccc(C)c2F)c1. The van der Waals surface area contributed by atoms with Crippen LogP contribution < -0.4 is 15.8 Å². The molecule has 0 saturated heterocycles. The number of methoxy groups -OCH3 is 1. The summed E-state index contributed by atoms with van der Waals surface area (Å²) in [6.07, 6.45) is 0. The van der Waals surface area contributed by atoms with Gasteiger partial charge < -0.3 is 15.8 Å². The van der Waals surface area contributed by atoms with Crippen LogP contribution in [-0.4, -0.2) is 7.11 Å². The molecule has 0 aromatic heterocycles. The molecule has 19 heavy (non-hydrogen) atoms. The van der Waals surface area contributed by atoms with E-state index in [1.165, 1.54) is 19.2 Å². The highest BCUT2D eigenvalue weighted by Crippen LogP contribution is 2.31. The minimum absolute atomic E-state index is 0.222. The molecule has 2 rings (SSSR count). The number of aryl methyl sites for hydroxylation is 1. The maximum atomic E-state index is 13.9. The summed E-state index contributed by atoms with van der Waals surface area (Å²) in [4.78, 5) is 0. The molecule has 3 N–H and O–H groups in total. The van der Waals surface area contributed by atoms with Crippen LogP contribution in [0.15, 0.2) is 30.3 Å². The summed E-state index contributed by atoms with van der Waals surface area (Å²) in [5.74, 6) is -0.766. The lowest BCUT2D eigenvalue weighted by molar-refractivity contribution is 0.415. The Labute approximate surface area is 110 Å². The first kappa shape index (κ1) is 13.1. The third-order valence-corrected chi connectivity index (χ3v) is 2.80. The molecule has 2 aromatic carbocycles. The van der Waals surface area contributed by atoms with Gasteiger partial charge in [0.2, 0.25) is 0 Å². The van der Waals surface area contributed by atoms with Gasteiger partial charge >= 0.3 is 0 Å². The summed E-state index contributed by atoms with van der Waals surface area (Å²) in [5, 5.41) is 2.67. The number of nitrogens with one attached hydrogen (secondary N) is 1. The van der Waals surface area contributed by atoms with E-state index in [1.807, 2.05) is 0 Å². The molecule has 0 aliphatic heterocycles. The van der Waals surface area contributed by atoms with E-state index in [0.717, 1.165) is 0 Å². The van der Waals surface area contributed by atoms with E-state index >= 15 is 0 Å². The highest BCUT2D eigenvalue weighted by Gasteiger charge is 2.13. The number of nitrogens with two attached hydrogens (primary N) is 1. The van der Waals surface area contributed by atoms with Crippen molar-refractivity contribution in [2.75, 3.05) is 18.2 Å². The lowest BCUT2D eigenvalue weighted by atomic mass is 10.1. The summed E-state index contributed by atoms with van der Waals surface area (Å²) in [5.41, 5.74) is 6.66. The van der Waals surface area contributed by atoms with E-state index in [-0.39, 0.29) is 5.69 Å². The van der Waals surface area contributed by atoms with Gasteiger partial charge in [-0.15, -0.1) is 0 Å². The van der Waals surface area contributed by atoms with Gasteiger partial charge in [-0.25, -0.2) is 8.78 Å². The second-order valence-electron chi connectivity index (χ2n) is 4.13. The number of hydrogen-bond donors (Lipinski definition) is 2. The van der Waals surface area contributed by atoms with E-state index in [4.69, 9.17) is 10.5 Å². The molecule has 100 valence electrons. The van der Waals surface area contributed by atoms with Crippen LogP contribution in [0.25, 0.3) is 0 Å². The minimum Gasteiger partial charge on any atom is -0.497 e. The number of halogens is 2. The molecule has 0 fully saturated rings. The second-order valence-corrected chi connectivity index (χ2v) is 4.13. The normalized spacial score (nSPS) is 10.3. The fourth-order valence-electron chi connectivity index (χ4n) is 1.68. The quantitative estimate of drug-likeness (QED) is 0.832. The van der Waals surface area contributed by atoms with Crippen molar-refractivity contribution in [2.45, 2.75) is 6.92 Å². The molecule has 0 amide bonds. The van der Waals surface area contributed by atoms with Crippen LogP contribution in [0.3, 0.4) is 0 Å². The fourth-order valence-corrected chi connectivity index (χ4v) is 1.68. The van der Waals surface area contributed by atoms with Crippen molar-refractivity contribution in [3.63, 3.8) is 0 Å². The zero-order valence-corrected chi connectivity index (χ0v) is 10.6. The van der Waals surface area contributed by atoms with Gasteiger partial charge in [-0.05, 0) is 30.7 Å². The lowest BCUT2D eigenvalue weighted by Gasteiger charge is -2.13. The number of anilines is 3. The van der Waals surface area contributed by atoms with Crippen LogP contribution in [-0.2, 0) is 0 Å². The molecule has 2 aromatic rings. The molecule has 0 bridgehead atoms. The number of nitrogen functional groups attached to an aromatic ring is 1. The summed E-state index contributed by atoms with van der Waals surface area (Å²) >= 11 is 0. The van der Waals surface area contributed by atoms with Crippen molar-refractivity contribution in [2.24, 2.45) is 0 Å². The number of ether oxygens (including phenoxy) is 1. The molecular weight excluding hydrogens is 250 g/mol. The molecular formula is C14H14F2N2O. The zero-order chi connectivity index (χ0) is 14.0. The Kier molecular flexibility index (Phi) is 3.55. The van der Waals surface area contributed by atoms with Crippen molar-refractivity contribution in [1.29, 1.82) is 0 Å². The minimum atomic E-state index is -0.676.